The van der Waals surface area contributed by atoms with Crippen LogP contribution in [0.4, 0.5) is 0 Å². The molecule has 0 aliphatic rings. The predicted molar refractivity (Wildman–Crippen MR) is 57.2 cm³/mol. The second kappa shape index (κ2) is 7.17. The number of nitrogens with two attached hydrogens (primary N) is 1. The highest BCUT2D eigenvalue weighted by molar-refractivity contribution is 7.87. The van der Waals surface area contributed by atoms with Gasteiger partial charge in [0, 0.05) is 13.7 Å². The number of carboxylic acid groups (broad SMARTS) is 1. The Hall–Kier alpha value is -1.23. The van der Waals surface area contributed by atoms with Crippen molar-refractivity contribution in [1.82, 2.24) is 9.44 Å². The van der Waals surface area contributed by atoms with E-state index in [4.69, 9.17) is 10.8 Å². The minimum absolute atomic E-state index is 0.0191. The summed E-state index contributed by atoms with van der Waals surface area (Å²) in [5, 5.41) is 8.67. The number of amides is 1. The third kappa shape index (κ3) is 7.63. The van der Waals surface area contributed by atoms with E-state index < -0.39 is 34.5 Å². The maximum absolute atomic E-state index is 11.3. The standard InChI is InChI=1S/C7H15N3O6S/c1-16-3-2-9-17(14,15)10-5(7(12)13)4-6(8)11/h5,9-10H,2-4H2,1H3,(H2,8,11)(H,12,13). The molecule has 0 saturated carbocycles. The highest BCUT2D eigenvalue weighted by Crippen LogP contribution is 1.94. The number of methoxy groups -OCH3 is 1. The van der Waals surface area contributed by atoms with Gasteiger partial charge in [-0.25, -0.2) is 0 Å². The summed E-state index contributed by atoms with van der Waals surface area (Å²) in [6.45, 7) is 0.114. The van der Waals surface area contributed by atoms with Gasteiger partial charge >= 0.3 is 5.97 Å². The van der Waals surface area contributed by atoms with Crippen molar-refractivity contribution in [2.45, 2.75) is 12.5 Å². The van der Waals surface area contributed by atoms with E-state index in [9.17, 15) is 18.0 Å². The van der Waals surface area contributed by atoms with Crippen molar-refractivity contribution < 1.29 is 27.9 Å². The second-order valence-electron chi connectivity index (χ2n) is 3.07. The van der Waals surface area contributed by atoms with E-state index in [2.05, 4.69) is 4.74 Å². The van der Waals surface area contributed by atoms with Crippen molar-refractivity contribution in [2.24, 2.45) is 5.73 Å². The molecule has 17 heavy (non-hydrogen) atoms. The molecule has 0 aliphatic heterocycles. The van der Waals surface area contributed by atoms with E-state index in [1.807, 2.05) is 4.72 Å². The predicted octanol–water partition coefficient (Wildman–Crippen LogP) is -2.61. The molecule has 0 heterocycles. The van der Waals surface area contributed by atoms with Crippen LogP contribution >= 0.6 is 0 Å². The number of carbonyl (C=O) groups is 2. The average Bonchev–Trinajstić information content (AvgIpc) is 2.15. The number of hydrogen-bond acceptors (Lipinski definition) is 5. The van der Waals surface area contributed by atoms with Crippen molar-refractivity contribution in [1.29, 1.82) is 0 Å². The van der Waals surface area contributed by atoms with Crippen LogP contribution in [0.3, 0.4) is 0 Å². The molecule has 0 spiro atoms. The van der Waals surface area contributed by atoms with Crippen LogP contribution in [-0.2, 0) is 24.5 Å². The average molecular weight is 269 g/mol. The topological polar surface area (TPSA) is 148 Å². The van der Waals surface area contributed by atoms with Crippen LogP contribution in [0.15, 0.2) is 0 Å². The molecule has 0 rings (SSSR count). The first kappa shape index (κ1) is 15.8. The molecule has 0 fully saturated rings. The number of nitrogens with one attached hydrogen (secondary N) is 2. The number of carboxylic acids is 1. The molecular weight excluding hydrogens is 254 g/mol. The summed E-state index contributed by atoms with van der Waals surface area (Å²) in [5.41, 5.74) is 4.79. The van der Waals surface area contributed by atoms with Crippen LogP contribution in [-0.4, -0.2) is 51.7 Å². The normalized spacial score (nSPS) is 13.2. The molecular formula is C7H15N3O6S. The van der Waals surface area contributed by atoms with Crippen molar-refractivity contribution in [2.75, 3.05) is 20.3 Å². The van der Waals surface area contributed by atoms with Gasteiger partial charge in [0.05, 0.1) is 13.0 Å². The summed E-state index contributed by atoms with van der Waals surface area (Å²) in [6.07, 6.45) is -0.624. The van der Waals surface area contributed by atoms with Gasteiger partial charge < -0.3 is 15.6 Å². The van der Waals surface area contributed by atoms with Crippen LogP contribution in [0, 0.1) is 0 Å². The number of carbonyl (C=O) groups excluding carboxylic acids is 1. The molecule has 0 aliphatic carbocycles. The Bertz CT molecular complexity index is 368. The first-order valence-corrected chi connectivity index (χ1v) is 6.03. The van der Waals surface area contributed by atoms with Gasteiger partial charge in [0.1, 0.15) is 6.04 Å². The monoisotopic (exact) mass is 269 g/mol. The number of primary amides is 1. The molecule has 1 atom stereocenters. The first-order valence-electron chi connectivity index (χ1n) is 4.55. The van der Waals surface area contributed by atoms with Crippen molar-refractivity contribution in [3.63, 3.8) is 0 Å². The lowest BCUT2D eigenvalue weighted by Crippen LogP contribution is -2.48. The molecule has 0 aromatic heterocycles. The molecule has 10 heteroatoms. The highest BCUT2D eigenvalue weighted by Gasteiger charge is 2.25. The molecule has 1 amide bonds. The Kier molecular flexibility index (Phi) is 6.65. The van der Waals surface area contributed by atoms with E-state index in [0.717, 1.165) is 0 Å². The summed E-state index contributed by atoms with van der Waals surface area (Å²) < 4.78 is 31.1. The lowest BCUT2D eigenvalue weighted by Gasteiger charge is -2.13. The lowest BCUT2D eigenvalue weighted by molar-refractivity contribution is -0.140. The number of rotatable bonds is 9. The zero-order chi connectivity index (χ0) is 13.5. The van der Waals surface area contributed by atoms with Crippen LogP contribution in [0.2, 0.25) is 0 Å². The third-order valence-electron chi connectivity index (χ3n) is 1.60. The SMILES string of the molecule is COCCNS(=O)(=O)NC(CC(N)=O)C(=O)O. The van der Waals surface area contributed by atoms with Crippen LogP contribution in [0.5, 0.6) is 0 Å². The van der Waals surface area contributed by atoms with Crippen LogP contribution in [0.25, 0.3) is 0 Å². The summed E-state index contributed by atoms with van der Waals surface area (Å²) in [7, 11) is -2.63. The van der Waals surface area contributed by atoms with E-state index in [1.54, 1.807) is 4.72 Å². The molecule has 0 aromatic carbocycles. The Labute approximate surface area is 98.5 Å². The molecule has 0 saturated heterocycles. The summed E-state index contributed by atoms with van der Waals surface area (Å²) >= 11 is 0. The van der Waals surface area contributed by atoms with E-state index in [0.29, 0.717) is 0 Å². The Morgan fingerprint density at radius 3 is 2.47 bits per heavy atom. The van der Waals surface area contributed by atoms with Gasteiger partial charge in [-0.15, -0.1) is 0 Å². The minimum atomic E-state index is -4.01. The third-order valence-corrected chi connectivity index (χ3v) is 2.78. The van der Waals surface area contributed by atoms with Crippen molar-refractivity contribution in [3.05, 3.63) is 0 Å². The first-order chi connectivity index (χ1) is 7.78. The van der Waals surface area contributed by atoms with Crippen molar-refractivity contribution in [3.8, 4) is 0 Å². The maximum Gasteiger partial charge on any atom is 0.322 e. The molecule has 0 bridgehead atoms. The maximum atomic E-state index is 11.3. The fraction of sp³-hybridized carbons (Fsp3) is 0.714. The molecule has 1 unspecified atom stereocenters. The molecule has 100 valence electrons. The van der Waals surface area contributed by atoms with Crippen molar-refractivity contribution >= 4 is 22.1 Å². The zero-order valence-electron chi connectivity index (χ0n) is 9.17. The zero-order valence-corrected chi connectivity index (χ0v) is 9.99. The fourth-order valence-corrected chi connectivity index (χ4v) is 1.88. The largest absolute Gasteiger partial charge is 0.480 e. The van der Waals surface area contributed by atoms with Gasteiger partial charge in [0.25, 0.3) is 10.2 Å². The molecule has 9 nitrogen and oxygen atoms in total. The van der Waals surface area contributed by atoms with E-state index >= 15 is 0 Å². The molecule has 5 N–H and O–H groups in total. The van der Waals surface area contributed by atoms with Gasteiger partial charge in [-0.05, 0) is 0 Å². The summed E-state index contributed by atoms with van der Waals surface area (Å²) in [6, 6.07) is -1.59. The molecule has 0 aromatic rings. The van der Waals surface area contributed by atoms with Crippen LogP contribution < -0.4 is 15.2 Å². The second-order valence-corrected chi connectivity index (χ2v) is 4.60. The molecule has 0 radical (unpaired) electrons. The smallest absolute Gasteiger partial charge is 0.322 e. The van der Waals surface area contributed by atoms with Gasteiger partial charge in [-0.3, -0.25) is 9.59 Å². The highest BCUT2D eigenvalue weighted by atomic mass is 32.2. The van der Waals surface area contributed by atoms with Crippen LogP contribution in [0.1, 0.15) is 6.42 Å². The number of ether oxygens (including phenoxy) is 1. The summed E-state index contributed by atoms with van der Waals surface area (Å²) in [4.78, 5) is 21.2. The summed E-state index contributed by atoms with van der Waals surface area (Å²) in [5.74, 6) is -2.40. The number of aliphatic carboxylic acids is 1. The van der Waals surface area contributed by atoms with Gasteiger partial charge in [0.2, 0.25) is 5.91 Å². The number of hydrogen-bond donors (Lipinski definition) is 4. The lowest BCUT2D eigenvalue weighted by atomic mass is 10.2. The Morgan fingerprint density at radius 1 is 1.47 bits per heavy atom. The Morgan fingerprint density at radius 2 is 2.06 bits per heavy atom. The van der Waals surface area contributed by atoms with E-state index in [1.165, 1.54) is 7.11 Å². The van der Waals surface area contributed by atoms with Gasteiger partial charge in [-0.1, -0.05) is 0 Å². The minimum Gasteiger partial charge on any atom is -0.480 e. The quantitative estimate of drug-likeness (QED) is 0.337. The van der Waals surface area contributed by atoms with Gasteiger partial charge in [-0.2, -0.15) is 17.9 Å². The van der Waals surface area contributed by atoms with Gasteiger partial charge in [0.15, 0.2) is 0 Å². The fourth-order valence-electron chi connectivity index (χ4n) is 0.888. The Balaban J connectivity index is 4.42. The van der Waals surface area contributed by atoms with E-state index in [-0.39, 0.29) is 13.2 Å².